The fraction of sp³-hybridized carbons (Fsp3) is 0.409. The molecule has 0 unspecified atom stereocenters. The van der Waals surface area contributed by atoms with Gasteiger partial charge in [0.05, 0.1) is 25.3 Å². The number of carboxylic acids is 1. The van der Waals surface area contributed by atoms with Crippen LogP contribution < -0.4 is 10.1 Å². The zero-order valence-corrected chi connectivity index (χ0v) is 17.0. The number of nitrogens with one attached hydrogen (secondary N) is 1. The van der Waals surface area contributed by atoms with Gasteiger partial charge in [-0.15, -0.1) is 0 Å². The van der Waals surface area contributed by atoms with Gasteiger partial charge < -0.3 is 15.2 Å². The normalized spacial score (nSPS) is 24.2. The molecule has 0 aliphatic carbocycles. The quantitative estimate of drug-likeness (QED) is 0.746. The number of hydrogen-bond donors (Lipinski definition) is 2. The predicted octanol–water partition coefficient (Wildman–Crippen LogP) is 2.63. The van der Waals surface area contributed by atoms with E-state index in [2.05, 4.69) is 10.3 Å². The minimum Gasteiger partial charge on any atom is -0.497 e. The summed E-state index contributed by atoms with van der Waals surface area (Å²) in [6, 6.07) is 12.6. The fourth-order valence-corrected chi connectivity index (χ4v) is 4.24. The van der Waals surface area contributed by atoms with Gasteiger partial charge in [-0.05, 0) is 49.7 Å². The maximum absolute atomic E-state index is 13.1. The Balaban J connectivity index is 1.89. The van der Waals surface area contributed by atoms with Crippen LogP contribution in [0.2, 0.25) is 0 Å². The highest BCUT2D eigenvalue weighted by Gasteiger charge is 2.56. The number of nitrogens with zero attached hydrogens (tertiary/aromatic N) is 2. The maximum Gasteiger partial charge on any atom is 0.324 e. The van der Waals surface area contributed by atoms with E-state index in [1.165, 1.54) is 0 Å². The van der Waals surface area contributed by atoms with Crippen molar-refractivity contribution in [3.05, 3.63) is 59.9 Å². The van der Waals surface area contributed by atoms with Crippen molar-refractivity contribution < 1.29 is 19.4 Å². The van der Waals surface area contributed by atoms with Gasteiger partial charge in [0, 0.05) is 12.2 Å². The molecule has 0 spiro atoms. The summed E-state index contributed by atoms with van der Waals surface area (Å²) in [5.74, 6) is -0.848. The van der Waals surface area contributed by atoms with Crippen molar-refractivity contribution in [3.8, 4) is 5.75 Å². The van der Waals surface area contributed by atoms with Gasteiger partial charge in [0.1, 0.15) is 11.3 Å². The summed E-state index contributed by atoms with van der Waals surface area (Å²) in [5.41, 5.74) is 0.563. The first-order valence-corrected chi connectivity index (χ1v) is 9.71. The molecule has 29 heavy (non-hydrogen) atoms. The zero-order chi connectivity index (χ0) is 21.0. The molecule has 2 aromatic rings. The Morgan fingerprint density at radius 3 is 2.55 bits per heavy atom. The second kappa shape index (κ2) is 8.61. The summed E-state index contributed by atoms with van der Waals surface area (Å²) >= 11 is 0. The second-order valence-corrected chi connectivity index (χ2v) is 7.37. The van der Waals surface area contributed by atoms with Crippen LogP contribution in [0.3, 0.4) is 0 Å². The number of rotatable bonds is 7. The van der Waals surface area contributed by atoms with Gasteiger partial charge >= 0.3 is 5.97 Å². The molecule has 1 saturated heterocycles. The minimum atomic E-state index is -1.09. The van der Waals surface area contributed by atoms with E-state index in [0.717, 1.165) is 11.3 Å². The molecule has 0 saturated carbocycles. The smallest absolute Gasteiger partial charge is 0.324 e. The summed E-state index contributed by atoms with van der Waals surface area (Å²) < 4.78 is 5.23. The molecular weight excluding hydrogens is 370 g/mol. The molecular formula is C22H27N3O4. The molecule has 154 valence electrons. The van der Waals surface area contributed by atoms with Crippen LogP contribution in [0.25, 0.3) is 0 Å². The van der Waals surface area contributed by atoms with Gasteiger partial charge in [0.15, 0.2) is 0 Å². The summed E-state index contributed by atoms with van der Waals surface area (Å²) in [7, 11) is 3.38. The van der Waals surface area contributed by atoms with Crippen molar-refractivity contribution >= 4 is 11.9 Å². The number of benzene rings is 1. The van der Waals surface area contributed by atoms with Crippen LogP contribution in [0.4, 0.5) is 0 Å². The average Bonchev–Trinajstić information content (AvgIpc) is 3.06. The molecule has 1 fully saturated rings. The van der Waals surface area contributed by atoms with Gasteiger partial charge in [-0.2, -0.15) is 0 Å². The lowest BCUT2D eigenvalue weighted by atomic mass is 9.87. The molecule has 0 radical (unpaired) electrons. The molecule has 3 rings (SSSR count). The van der Waals surface area contributed by atoms with Gasteiger partial charge in [-0.25, -0.2) is 0 Å². The number of carbonyl (C=O) groups is 2. The number of amides is 1. The predicted molar refractivity (Wildman–Crippen MR) is 108 cm³/mol. The summed E-state index contributed by atoms with van der Waals surface area (Å²) in [6.45, 7) is 2.16. The van der Waals surface area contributed by atoms with E-state index in [1.54, 1.807) is 20.4 Å². The molecule has 2 heterocycles. The van der Waals surface area contributed by atoms with Crippen molar-refractivity contribution in [1.29, 1.82) is 0 Å². The largest absolute Gasteiger partial charge is 0.497 e. The molecule has 7 nitrogen and oxygen atoms in total. The average molecular weight is 397 g/mol. The van der Waals surface area contributed by atoms with Crippen molar-refractivity contribution in [1.82, 2.24) is 15.2 Å². The standard InChI is InChI=1S/C22H27N3O4/c1-4-22(21(27)28)13-18(20(26)24-14-16-7-5-6-12-23-16)19(25(22)2)15-8-10-17(29-3)11-9-15/h5-12,18-19H,4,13-14H2,1-3H3,(H,24,26)(H,27,28)/t18-,19-,22-/m0/s1. The SMILES string of the molecule is CC[C@@]1(C(=O)O)C[C@H](C(=O)NCc2ccccn2)[C@H](c2ccc(OC)cc2)N1C. The van der Waals surface area contributed by atoms with Gasteiger partial charge in [-0.3, -0.25) is 19.5 Å². The molecule has 0 bridgehead atoms. The highest BCUT2D eigenvalue weighted by atomic mass is 16.5. The summed E-state index contributed by atoms with van der Waals surface area (Å²) in [4.78, 5) is 31.4. The summed E-state index contributed by atoms with van der Waals surface area (Å²) in [5, 5.41) is 12.9. The Morgan fingerprint density at radius 2 is 2.00 bits per heavy atom. The van der Waals surface area contributed by atoms with Crippen LogP contribution in [0.15, 0.2) is 48.7 Å². The lowest BCUT2D eigenvalue weighted by Gasteiger charge is -2.34. The lowest BCUT2D eigenvalue weighted by molar-refractivity contribution is -0.150. The molecule has 3 atom stereocenters. The molecule has 1 aliphatic rings. The van der Waals surface area contributed by atoms with Gasteiger partial charge in [0.2, 0.25) is 5.91 Å². The van der Waals surface area contributed by atoms with Crippen molar-refractivity contribution in [2.24, 2.45) is 5.92 Å². The number of aromatic nitrogens is 1. The van der Waals surface area contributed by atoms with E-state index in [0.29, 0.717) is 18.7 Å². The van der Waals surface area contributed by atoms with Crippen LogP contribution >= 0.6 is 0 Å². The monoisotopic (exact) mass is 397 g/mol. The topological polar surface area (TPSA) is 91.8 Å². The van der Waals surface area contributed by atoms with Gasteiger partial charge in [-0.1, -0.05) is 25.1 Å². The maximum atomic E-state index is 13.1. The van der Waals surface area contributed by atoms with Crippen molar-refractivity contribution in [3.63, 3.8) is 0 Å². The van der Waals surface area contributed by atoms with Crippen LogP contribution in [-0.4, -0.2) is 46.6 Å². The first kappa shape index (κ1) is 20.8. The Bertz CT molecular complexity index is 856. The highest BCUT2D eigenvalue weighted by molar-refractivity contribution is 5.85. The van der Waals surface area contributed by atoms with E-state index in [9.17, 15) is 14.7 Å². The van der Waals surface area contributed by atoms with Gasteiger partial charge in [0.25, 0.3) is 0 Å². The first-order chi connectivity index (χ1) is 13.9. The molecule has 1 aromatic carbocycles. The third-order valence-electron chi connectivity index (χ3n) is 5.98. The molecule has 1 aromatic heterocycles. The van der Waals surface area contributed by atoms with Crippen LogP contribution in [0, 0.1) is 5.92 Å². The Morgan fingerprint density at radius 1 is 1.28 bits per heavy atom. The number of likely N-dealkylation sites (N-methyl/N-ethyl adjacent to an activating group) is 1. The third-order valence-corrected chi connectivity index (χ3v) is 5.98. The molecule has 1 aliphatic heterocycles. The lowest BCUT2D eigenvalue weighted by Crippen LogP contribution is -2.48. The van der Waals surface area contributed by atoms with E-state index in [1.807, 2.05) is 54.3 Å². The third kappa shape index (κ3) is 3.96. The Hall–Kier alpha value is -2.93. The van der Waals surface area contributed by atoms with E-state index in [-0.39, 0.29) is 18.4 Å². The number of ether oxygens (including phenoxy) is 1. The Kier molecular flexibility index (Phi) is 6.17. The number of hydrogen-bond acceptors (Lipinski definition) is 5. The second-order valence-electron chi connectivity index (χ2n) is 7.37. The summed E-state index contributed by atoms with van der Waals surface area (Å²) in [6.07, 6.45) is 2.34. The van der Waals surface area contributed by atoms with Crippen molar-refractivity contribution in [2.75, 3.05) is 14.2 Å². The number of methoxy groups -OCH3 is 1. The molecule has 7 heteroatoms. The first-order valence-electron chi connectivity index (χ1n) is 9.71. The highest BCUT2D eigenvalue weighted by Crippen LogP contribution is 2.47. The minimum absolute atomic E-state index is 0.167. The number of carbonyl (C=O) groups excluding carboxylic acids is 1. The fourth-order valence-electron chi connectivity index (χ4n) is 4.24. The van der Waals surface area contributed by atoms with Crippen LogP contribution in [-0.2, 0) is 16.1 Å². The number of aliphatic carboxylic acids is 1. The number of carboxylic acid groups (broad SMARTS) is 1. The van der Waals surface area contributed by atoms with Crippen molar-refractivity contribution in [2.45, 2.75) is 37.9 Å². The van der Waals surface area contributed by atoms with E-state index >= 15 is 0 Å². The number of likely N-dealkylation sites (tertiary alicyclic amines) is 1. The van der Waals surface area contributed by atoms with E-state index in [4.69, 9.17) is 4.74 Å². The Labute approximate surface area is 170 Å². The van der Waals surface area contributed by atoms with Crippen LogP contribution in [0.1, 0.15) is 37.1 Å². The van der Waals surface area contributed by atoms with Crippen LogP contribution in [0.5, 0.6) is 5.75 Å². The molecule has 2 N–H and O–H groups in total. The molecule has 1 amide bonds. The van der Waals surface area contributed by atoms with E-state index < -0.39 is 17.4 Å². The number of pyridine rings is 1. The zero-order valence-electron chi connectivity index (χ0n) is 17.0.